The molecule has 1 rings (SSSR count). The smallest absolute Gasteiger partial charge is 0.254 e. The van der Waals surface area contributed by atoms with E-state index in [0.717, 1.165) is 0 Å². The predicted octanol–water partition coefficient (Wildman–Crippen LogP) is -0.383. The van der Waals surface area contributed by atoms with E-state index in [0.29, 0.717) is 5.95 Å². The zero-order valence-corrected chi connectivity index (χ0v) is 5.79. The third-order valence-corrected chi connectivity index (χ3v) is 0.931. The van der Waals surface area contributed by atoms with Crippen LogP contribution in [0.4, 0.5) is 5.95 Å². The fourth-order valence-corrected chi connectivity index (χ4v) is 0.517. The third kappa shape index (κ3) is 1.23. The van der Waals surface area contributed by atoms with Gasteiger partial charge in [-0.05, 0) is 17.4 Å². The molecule has 0 aliphatic carbocycles. The molecule has 1 aromatic rings. The number of tetrazole rings is 1. The number of aromatic nitrogens is 4. The summed E-state index contributed by atoms with van der Waals surface area (Å²) in [4.78, 5) is 1.61. The summed E-state index contributed by atoms with van der Waals surface area (Å²) in [5, 5.41) is 13.0. The van der Waals surface area contributed by atoms with Gasteiger partial charge in [0.15, 0.2) is 0 Å². The van der Waals surface area contributed by atoms with Gasteiger partial charge < -0.3 is 0 Å². The molecular formula is C5H7N5. The molecule has 5 heteroatoms. The highest BCUT2D eigenvalue weighted by Crippen LogP contribution is 1.95. The average Bonchev–Trinajstić information content (AvgIpc) is 2.38. The van der Waals surface area contributed by atoms with Gasteiger partial charge in [0.25, 0.3) is 5.95 Å². The second kappa shape index (κ2) is 2.82. The van der Waals surface area contributed by atoms with E-state index in [1.165, 1.54) is 0 Å². The number of nitrogens with one attached hydrogen (secondary N) is 1. The average molecular weight is 137 g/mol. The summed E-state index contributed by atoms with van der Waals surface area (Å²) < 4.78 is 0. The van der Waals surface area contributed by atoms with Crippen molar-refractivity contribution in [3.63, 3.8) is 0 Å². The number of hydrogen-bond donors (Lipinski definition) is 1. The number of hydrogen-bond acceptors (Lipinski definition) is 4. The van der Waals surface area contributed by atoms with E-state index in [-0.39, 0.29) is 0 Å². The van der Waals surface area contributed by atoms with Crippen molar-refractivity contribution in [1.82, 2.24) is 20.6 Å². The van der Waals surface area contributed by atoms with Crippen LogP contribution in [0.1, 0.15) is 6.92 Å². The van der Waals surface area contributed by atoms with Gasteiger partial charge in [-0.15, -0.1) is 0 Å². The zero-order valence-electron chi connectivity index (χ0n) is 5.79. The van der Waals surface area contributed by atoms with E-state index in [2.05, 4.69) is 32.6 Å². The number of rotatable bonds is 1. The van der Waals surface area contributed by atoms with Gasteiger partial charge in [0.2, 0.25) is 0 Å². The summed E-state index contributed by atoms with van der Waals surface area (Å²) in [6, 6.07) is 2.76. The first-order valence-corrected chi connectivity index (χ1v) is 2.74. The van der Waals surface area contributed by atoms with Crippen LogP contribution >= 0.6 is 0 Å². The summed E-state index contributed by atoms with van der Waals surface area (Å²) in [5.74, 6) is 3.27. The molecule has 0 unspecified atom stereocenters. The van der Waals surface area contributed by atoms with Gasteiger partial charge >= 0.3 is 0 Å². The van der Waals surface area contributed by atoms with Gasteiger partial charge in [-0.3, -0.25) is 4.90 Å². The fourth-order valence-electron chi connectivity index (χ4n) is 0.517. The molecule has 1 aromatic heterocycles. The van der Waals surface area contributed by atoms with Crippen molar-refractivity contribution in [2.75, 3.05) is 11.9 Å². The van der Waals surface area contributed by atoms with Crippen molar-refractivity contribution < 1.29 is 0 Å². The highest BCUT2D eigenvalue weighted by atomic mass is 15.5. The van der Waals surface area contributed by atoms with Crippen LogP contribution in [0.25, 0.3) is 0 Å². The molecule has 1 N–H and O–H groups in total. The van der Waals surface area contributed by atoms with E-state index in [1.807, 2.05) is 0 Å². The van der Waals surface area contributed by atoms with Crippen LogP contribution in [0.2, 0.25) is 0 Å². The molecule has 0 bridgehead atoms. The van der Waals surface area contributed by atoms with Crippen molar-refractivity contribution >= 4 is 5.95 Å². The van der Waals surface area contributed by atoms with Crippen molar-refractivity contribution in [3.8, 4) is 12.0 Å². The Morgan fingerprint density at radius 3 is 2.90 bits per heavy atom. The maximum absolute atomic E-state index is 3.64. The van der Waals surface area contributed by atoms with E-state index >= 15 is 0 Å². The molecule has 5 nitrogen and oxygen atoms in total. The van der Waals surface area contributed by atoms with Crippen molar-refractivity contribution in [2.45, 2.75) is 6.92 Å². The summed E-state index contributed by atoms with van der Waals surface area (Å²) >= 11 is 0. The molecule has 0 aliphatic rings. The standard InChI is InChI=1S/C5H7N5/c1-3-4-10(2)5-6-8-9-7-5/h1-2H3,(H,6,7,8,9). The molecule has 0 amide bonds. The van der Waals surface area contributed by atoms with Gasteiger partial charge in [-0.25, -0.2) is 5.10 Å². The molecule has 0 aliphatic heterocycles. The molecule has 0 saturated heterocycles. The summed E-state index contributed by atoms with van der Waals surface area (Å²) in [7, 11) is 1.78. The van der Waals surface area contributed by atoms with E-state index < -0.39 is 0 Å². The summed E-state index contributed by atoms with van der Waals surface area (Å²) in [6.07, 6.45) is 0. The monoisotopic (exact) mass is 137 g/mol. The lowest BCUT2D eigenvalue weighted by atomic mass is 10.7. The van der Waals surface area contributed by atoms with Crippen LogP contribution in [-0.2, 0) is 0 Å². The topological polar surface area (TPSA) is 57.7 Å². The lowest BCUT2D eigenvalue weighted by Gasteiger charge is -2.01. The van der Waals surface area contributed by atoms with Crippen LogP contribution in [0, 0.1) is 12.0 Å². The van der Waals surface area contributed by atoms with Gasteiger partial charge in [0, 0.05) is 13.1 Å². The summed E-state index contributed by atoms with van der Waals surface area (Å²) in [6.45, 7) is 1.75. The van der Waals surface area contributed by atoms with Crippen molar-refractivity contribution in [3.05, 3.63) is 0 Å². The highest BCUT2D eigenvalue weighted by Gasteiger charge is 1.98. The van der Waals surface area contributed by atoms with E-state index in [4.69, 9.17) is 0 Å². The first-order valence-electron chi connectivity index (χ1n) is 2.74. The highest BCUT2D eigenvalue weighted by molar-refractivity contribution is 5.34. The quantitative estimate of drug-likeness (QED) is 0.423. The first kappa shape index (κ1) is 6.55. The fraction of sp³-hybridized carbons (Fsp3) is 0.400. The van der Waals surface area contributed by atoms with Crippen LogP contribution in [0.15, 0.2) is 0 Å². The molecular weight excluding hydrogens is 130 g/mol. The van der Waals surface area contributed by atoms with Gasteiger partial charge in [-0.1, -0.05) is 11.0 Å². The molecule has 1 heterocycles. The van der Waals surface area contributed by atoms with Crippen LogP contribution in [0.5, 0.6) is 0 Å². The molecule has 0 spiro atoms. The van der Waals surface area contributed by atoms with Crippen molar-refractivity contribution in [1.29, 1.82) is 0 Å². The number of anilines is 1. The SMILES string of the molecule is CC#CN(C)c1nnn[nH]1. The molecule has 0 fully saturated rings. The molecule has 0 saturated carbocycles. The molecule has 52 valence electrons. The predicted molar refractivity (Wildman–Crippen MR) is 36.0 cm³/mol. The van der Waals surface area contributed by atoms with Crippen molar-refractivity contribution in [2.24, 2.45) is 0 Å². The van der Waals surface area contributed by atoms with E-state index in [1.54, 1.807) is 18.9 Å². The Kier molecular flexibility index (Phi) is 1.85. The minimum absolute atomic E-state index is 0.550. The Balaban J connectivity index is 2.74. The number of nitrogens with zero attached hydrogens (tertiary/aromatic N) is 4. The van der Waals surface area contributed by atoms with Gasteiger partial charge in [0.1, 0.15) is 0 Å². The molecule has 10 heavy (non-hydrogen) atoms. The van der Waals surface area contributed by atoms with Gasteiger partial charge in [0.05, 0.1) is 0 Å². The molecule has 0 atom stereocenters. The van der Waals surface area contributed by atoms with Gasteiger partial charge in [-0.2, -0.15) is 0 Å². The Labute approximate surface area is 58.4 Å². The lowest BCUT2D eigenvalue weighted by Crippen LogP contribution is -2.10. The maximum atomic E-state index is 3.64. The Morgan fingerprint density at radius 2 is 2.40 bits per heavy atom. The second-order valence-corrected chi connectivity index (χ2v) is 1.65. The minimum Gasteiger partial charge on any atom is -0.272 e. The lowest BCUT2D eigenvalue weighted by molar-refractivity contribution is 0.881. The second-order valence-electron chi connectivity index (χ2n) is 1.65. The van der Waals surface area contributed by atoms with E-state index in [9.17, 15) is 0 Å². The summed E-state index contributed by atoms with van der Waals surface area (Å²) in [5.41, 5.74) is 0. The number of H-pyrrole nitrogens is 1. The Hall–Kier alpha value is -1.57. The molecule has 0 aromatic carbocycles. The third-order valence-electron chi connectivity index (χ3n) is 0.931. The van der Waals surface area contributed by atoms with Crippen LogP contribution in [0.3, 0.4) is 0 Å². The Morgan fingerprint density at radius 1 is 1.60 bits per heavy atom. The maximum Gasteiger partial charge on any atom is 0.254 e. The zero-order chi connectivity index (χ0) is 7.40. The minimum atomic E-state index is 0.550. The van der Waals surface area contributed by atoms with Crippen LogP contribution in [-0.4, -0.2) is 27.7 Å². The first-order chi connectivity index (χ1) is 4.84. The van der Waals surface area contributed by atoms with Crippen LogP contribution < -0.4 is 4.90 Å². The normalized spacial score (nSPS) is 8.20. The molecule has 0 radical (unpaired) electrons. The Bertz CT molecular complexity index is 241. The largest absolute Gasteiger partial charge is 0.272 e. The number of aromatic amines is 1.